The van der Waals surface area contributed by atoms with E-state index >= 15 is 0 Å². The van der Waals surface area contributed by atoms with E-state index in [0.717, 1.165) is 6.42 Å². The van der Waals surface area contributed by atoms with Gasteiger partial charge in [-0.25, -0.2) is 0 Å². The van der Waals surface area contributed by atoms with Gasteiger partial charge in [-0.2, -0.15) is 0 Å². The molecule has 0 spiro atoms. The minimum atomic E-state index is 0.0445. The minimum Gasteiger partial charge on any atom is -0.465 e. The zero-order chi connectivity index (χ0) is 23.0. The summed E-state index contributed by atoms with van der Waals surface area (Å²) in [6.45, 7) is 9.52. The van der Waals surface area contributed by atoms with E-state index in [1.54, 1.807) is 0 Å². The van der Waals surface area contributed by atoms with Crippen LogP contribution in [-0.2, 0) is 9.53 Å². The number of rotatable bonds is 24. The van der Waals surface area contributed by atoms with Gasteiger partial charge >= 0.3 is 5.97 Å². The van der Waals surface area contributed by atoms with Gasteiger partial charge < -0.3 is 4.74 Å². The smallest absolute Gasteiger partial charge is 0.308 e. The summed E-state index contributed by atoms with van der Waals surface area (Å²) >= 11 is 0. The monoisotopic (exact) mass is 438 g/mol. The molecule has 0 amide bonds. The summed E-state index contributed by atoms with van der Waals surface area (Å²) < 4.78 is 5.78. The van der Waals surface area contributed by atoms with Crippen molar-refractivity contribution < 1.29 is 9.53 Å². The van der Waals surface area contributed by atoms with Gasteiger partial charge in [-0.3, -0.25) is 4.79 Å². The molecule has 0 bridgehead atoms. The van der Waals surface area contributed by atoms with E-state index in [2.05, 4.69) is 27.7 Å². The van der Waals surface area contributed by atoms with Crippen LogP contribution >= 0.6 is 0 Å². The number of ether oxygens (including phenoxy) is 1. The number of carbonyl (C=O) groups excluding carboxylic acids is 1. The van der Waals surface area contributed by atoms with E-state index in [4.69, 9.17) is 4.74 Å². The van der Waals surface area contributed by atoms with Crippen molar-refractivity contribution >= 4 is 5.97 Å². The summed E-state index contributed by atoms with van der Waals surface area (Å²) in [5.41, 5.74) is 0. The molecular formula is C29H58O2. The number of esters is 1. The topological polar surface area (TPSA) is 26.3 Å². The molecule has 0 fully saturated rings. The van der Waals surface area contributed by atoms with Gasteiger partial charge in [-0.15, -0.1) is 0 Å². The molecule has 0 rings (SSSR count). The fourth-order valence-electron chi connectivity index (χ4n) is 4.43. The minimum absolute atomic E-state index is 0.0445. The maximum atomic E-state index is 12.5. The van der Waals surface area contributed by atoms with Crippen LogP contribution < -0.4 is 0 Å². The van der Waals surface area contributed by atoms with Crippen molar-refractivity contribution in [1.82, 2.24) is 0 Å². The highest BCUT2D eigenvalue weighted by Crippen LogP contribution is 2.20. The second kappa shape index (κ2) is 24.1. The highest BCUT2D eigenvalue weighted by Gasteiger charge is 2.17. The predicted molar refractivity (Wildman–Crippen MR) is 138 cm³/mol. The largest absolute Gasteiger partial charge is 0.465 e. The van der Waals surface area contributed by atoms with Crippen LogP contribution in [-0.4, -0.2) is 12.6 Å². The first-order valence-corrected chi connectivity index (χ1v) is 14.3. The van der Waals surface area contributed by atoms with Gasteiger partial charge in [0.1, 0.15) is 0 Å². The molecular weight excluding hydrogens is 380 g/mol. The molecule has 31 heavy (non-hydrogen) atoms. The van der Waals surface area contributed by atoms with Gasteiger partial charge in [0.2, 0.25) is 0 Å². The molecule has 2 heteroatoms. The third-order valence-corrected chi connectivity index (χ3v) is 6.79. The van der Waals surface area contributed by atoms with Crippen LogP contribution in [0, 0.1) is 11.8 Å². The van der Waals surface area contributed by atoms with Crippen LogP contribution in [0.1, 0.15) is 163 Å². The van der Waals surface area contributed by atoms with Gasteiger partial charge in [0.05, 0.1) is 12.5 Å². The predicted octanol–water partition coefficient (Wildman–Crippen LogP) is 10.0. The van der Waals surface area contributed by atoms with Crippen molar-refractivity contribution in [3.63, 3.8) is 0 Å². The Morgan fingerprint density at radius 2 is 0.903 bits per heavy atom. The Morgan fingerprint density at radius 1 is 0.548 bits per heavy atom. The molecule has 0 N–H and O–H groups in total. The molecule has 0 saturated heterocycles. The Hall–Kier alpha value is -0.530. The van der Waals surface area contributed by atoms with Crippen LogP contribution in [0.25, 0.3) is 0 Å². The summed E-state index contributed by atoms with van der Waals surface area (Å²) in [6.07, 6.45) is 27.4. The maximum absolute atomic E-state index is 12.5. The molecule has 0 heterocycles. The summed E-state index contributed by atoms with van der Waals surface area (Å²) in [7, 11) is 0. The molecule has 1 atom stereocenters. The van der Waals surface area contributed by atoms with Crippen molar-refractivity contribution in [1.29, 1.82) is 0 Å². The number of hydrogen-bond acceptors (Lipinski definition) is 2. The second-order valence-electron chi connectivity index (χ2n) is 10.1. The molecule has 0 radical (unpaired) electrons. The zero-order valence-electron chi connectivity index (χ0n) is 22.0. The third-order valence-electron chi connectivity index (χ3n) is 6.79. The lowest BCUT2D eigenvalue weighted by Crippen LogP contribution is -2.20. The van der Waals surface area contributed by atoms with Gasteiger partial charge in [0.25, 0.3) is 0 Å². The lowest BCUT2D eigenvalue weighted by Gasteiger charge is -2.19. The van der Waals surface area contributed by atoms with E-state index in [1.165, 1.54) is 128 Å². The van der Waals surface area contributed by atoms with E-state index in [-0.39, 0.29) is 11.9 Å². The van der Waals surface area contributed by atoms with Gasteiger partial charge in [0.15, 0.2) is 0 Å². The van der Waals surface area contributed by atoms with Crippen molar-refractivity contribution in [2.75, 3.05) is 6.61 Å². The fourth-order valence-corrected chi connectivity index (χ4v) is 4.43. The van der Waals surface area contributed by atoms with Gasteiger partial charge in [0, 0.05) is 0 Å². The Kier molecular flexibility index (Phi) is 23.7. The maximum Gasteiger partial charge on any atom is 0.308 e. The van der Waals surface area contributed by atoms with E-state index in [9.17, 15) is 4.79 Å². The highest BCUT2D eigenvalue weighted by atomic mass is 16.5. The lowest BCUT2D eigenvalue weighted by atomic mass is 9.95. The quantitative estimate of drug-likeness (QED) is 0.111. The molecule has 0 aromatic heterocycles. The van der Waals surface area contributed by atoms with Gasteiger partial charge in [-0.05, 0) is 25.2 Å². The van der Waals surface area contributed by atoms with Crippen molar-refractivity contribution in [3.8, 4) is 0 Å². The van der Waals surface area contributed by atoms with Crippen LogP contribution in [0.4, 0.5) is 0 Å². The van der Waals surface area contributed by atoms with Crippen molar-refractivity contribution in [2.24, 2.45) is 11.8 Å². The lowest BCUT2D eigenvalue weighted by molar-refractivity contribution is -0.149. The molecule has 0 aliphatic heterocycles. The fraction of sp³-hybridized carbons (Fsp3) is 0.966. The van der Waals surface area contributed by atoms with Crippen LogP contribution in [0.3, 0.4) is 0 Å². The van der Waals surface area contributed by atoms with Gasteiger partial charge in [-0.1, -0.05) is 143 Å². The Labute approximate surface area is 196 Å². The summed E-state index contributed by atoms with van der Waals surface area (Å²) in [5.74, 6) is 0.681. The molecule has 2 nitrogen and oxygen atoms in total. The summed E-state index contributed by atoms with van der Waals surface area (Å²) in [4.78, 5) is 12.5. The molecule has 0 aromatic rings. The number of hydrogen-bond donors (Lipinski definition) is 0. The van der Waals surface area contributed by atoms with E-state index < -0.39 is 0 Å². The molecule has 0 saturated carbocycles. The van der Waals surface area contributed by atoms with Crippen molar-refractivity contribution in [3.05, 3.63) is 0 Å². The van der Waals surface area contributed by atoms with Crippen LogP contribution in [0.15, 0.2) is 0 Å². The first-order valence-electron chi connectivity index (χ1n) is 14.3. The van der Waals surface area contributed by atoms with Crippen LogP contribution in [0.5, 0.6) is 0 Å². The Morgan fingerprint density at radius 3 is 1.35 bits per heavy atom. The molecule has 186 valence electrons. The Balaban J connectivity index is 3.89. The molecule has 1 unspecified atom stereocenters. The summed E-state index contributed by atoms with van der Waals surface area (Å²) in [6, 6.07) is 0. The van der Waals surface area contributed by atoms with Crippen LogP contribution in [0.2, 0.25) is 0 Å². The first-order chi connectivity index (χ1) is 15.2. The number of unbranched alkanes of at least 4 members (excludes halogenated alkanes) is 15. The highest BCUT2D eigenvalue weighted by molar-refractivity contribution is 5.71. The average molecular weight is 439 g/mol. The second-order valence-corrected chi connectivity index (χ2v) is 10.1. The molecule has 0 aromatic carbocycles. The van der Waals surface area contributed by atoms with E-state index in [1.807, 2.05) is 0 Å². The van der Waals surface area contributed by atoms with E-state index in [0.29, 0.717) is 12.5 Å². The average Bonchev–Trinajstić information content (AvgIpc) is 2.78. The van der Waals surface area contributed by atoms with Crippen molar-refractivity contribution in [2.45, 2.75) is 163 Å². The molecule has 0 aliphatic carbocycles. The molecule has 0 aliphatic rings. The SMILES string of the molecule is CCCCCCCCCCCCC(C)C(=O)OCC(CCCCCC)CCCCCC. The third kappa shape index (κ3) is 21.1. The first kappa shape index (κ1) is 30.5. The summed E-state index contributed by atoms with van der Waals surface area (Å²) in [5, 5.41) is 0. The zero-order valence-corrected chi connectivity index (χ0v) is 22.0. The normalized spacial score (nSPS) is 12.4. The number of carbonyl (C=O) groups is 1. The Bertz CT molecular complexity index is 354. The standard InChI is InChI=1S/C29H58O2/c1-5-8-11-14-15-16-17-18-19-20-23-27(4)29(30)31-26-28(24-21-12-9-6-2)25-22-13-10-7-3/h27-28H,5-26H2,1-4H3.